The third kappa shape index (κ3) is 2.01. The molecule has 0 bridgehead atoms. The number of phenolic OH excluding ortho intramolecular Hbond substituents is 1. The lowest BCUT2D eigenvalue weighted by Gasteiger charge is -2.22. The van der Waals surface area contributed by atoms with Crippen molar-refractivity contribution in [3.05, 3.63) is 39.9 Å². The Hall–Kier alpha value is -1.75. The van der Waals surface area contributed by atoms with Crippen molar-refractivity contribution in [1.82, 2.24) is 0 Å². The highest BCUT2D eigenvalue weighted by Gasteiger charge is 2.23. The van der Waals surface area contributed by atoms with Crippen LogP contribution in [0.3, 0.4) is 0 Å². The molecule has 0 aromatic heterocycles. The van der Waals surface area contributed by atoms with Gasteiger partial charge in [-0.3, -0.25) is 0 Å². The first kappa shape index (κ1) is 12.7. The Kier molecular flexibility index (Phi) is 3.17. The second-order valence-electron chi connectivity index (χ2n) is 3.98. The van der Waals surface area contributed by atoms with E-state index in [1.807, 2.05) is 6.92 Å². The molecule has 2 rings (SSSR count). The molecule has 94 valence electrons. The molecule has 18 heavy (non-hydrogen) atoms. The SMILES string of the molecule is C=C(C(=O)O)C1=C(C)c2cc(Br)c(O)cc2OC1. The van der Waals surface area contributed by atoms with Gasteiger partial charge in [0.1, 0.15) is 18.1 Å². The van der Waals surface area contributed by atoms with Crippen LogP contribution >= 0.6 is 15.9 Å². The largest absolute Gasteiger partial charge is 0.507 e. The number of carboxylic acids is 1. The summed E-state index contributed by atoms with van der Waals surface area (Å²) in [7, 11) is 0. The van der Waals surface area contributed by atoms with Crippen LogP contribution in [0.2, 0.25) is 0 Å². The predicted octanol–water partition coefficient (Wildman–Crippen LogP) is 2.96. The maximum atomic E-state index is 10.9. The number of carboxylic acid groups (broad SMARTS) is 1. The molecule has 2 N–H and O–H groups in total. The Balaban J connectivity index is 2.57. The van der Waals surface area contributed by atoms with Crippen LogP contribution in [0, 0.1) is 0 Å². The van der Waals surface area contributed by atoms with E-state index in [1.165, 1.54) is 6.07 Å². The Labute approximate surface area is 112 Å². The van der Waals surface area contributed by atoms with E-state index in [1.54, 1.807) is 6.07 Å². The third-order valence-electron chi connectivity index (χ3n) is 2.90. The van der Waals surface area contributed by atoms with Gasteiger partial charge in [0.2, 0.25) is 0 Å². The van der Waals surface area contributed by atoms with E-state index in [2.05, 4.69) is 22.5 Å². The topological polar surface area (TPSA) is 66.8 Å². The van der Waals surface area contributed by atoms with E-state index < -0.39 is 5.97 Å². The molecule has 1 aliphatic rings. The van der Waals surface area contributed by atoms with Crippen molar-refractivity contribution in [2.45, 2.75) is 6.92 Å². The fourth-order valence-electron chi connectivity index (χ4n) is 1.82. The fourth-order valence-corrected chi connectivity index (χ4v) is 2.16. The number of aromatic hydroxyl groups is 1. The maximum absolute atomic E-state index is 10.9. The minimum absolute atomic E-state index is 0.0300. The predicted molar refractivity (Wildman–Crippen MR) is 70.7 cm³/mol. The van der Waals surface area contributed by atoms with Crippen molar-refractivity contribution >= 4 is 27.5 Å². The highest BCUT2D eigenvalue weighted by Crippen LogP contribution is 2.40. The summed E-state index contributed by atoms with van der Waals surface area (Å²) in [5.74, 6) is -0.438. The molecule has 1 aromatic rings. The van der Waals surface area contributed by atoms with Crippen LogP contribution in [0.1, 0.15) is 12.5 Å². The summed E-state index contributed by atoms with van der Waals surface area (Å²) in [6.07, 6.45) is 0. The van der Waals surface area contributed by atoms with Crippen molar-refractivity contribution in [1.29, 1.82) is 0 Å². The molecule has 1 aromatic carbocycles. The molecule has 0 saturated heterocycles. The van der Waals surface area contributed by atoms with Gasteiger partial charge in [-0.1, -0.05) is 6.58 Å². The smallest absolute Gasteiger partial charge is 0.335 e. The average Bonchev–Trinajstić information content (AvgIpc) is 2.31. The first-order chi connectivity index (χ1) is 8.41. The Bertz CT molecular complexity index is 587. The molecule has 0 fully saturated rings. The van der Waals surface area contributed by atoms with Crippen molar-refractivity contribution in [2.24, 2.45) is 0 Å². The summed E-state index contributed by atoms with van der Waals surface area (Å²) in [6, 6.07) is 3.21. The molecule has 1 heterocycles. The lowest BCUT2D eigenvalue weighted by atomic mass is 9.94. The van der Waals surface area contributed by atoms with E-state index >= 15 is 0 Å². The summed E-state index contributed by atoms with van der Waals surface area (Å²) in [4.78, 5) is 10.9. The van der Waals surface area contributed by atoms with E-state index in [4.69, 9.17) is 9.84 Å². The number of fused-ring (bicyclic) bond motifs is 1. The van der Waals surface area contributed by atoms with Crippen molar-refractivity contribution in [3.63, 3.8) is 0 Å². The number of hydrogen-bond donors (Lipinski definition) is 2. The van der Waals surface area contributed by atoms with Crippen LogP contribution in [-0.2, 0) is 4.79 Å². The lowest BCUT2D eigenvalue weighted by molar-refractivity contribution is -0.132. The van der Waals surface area contributed by atoms with E-state index in [9.17, 15) is 9.90 Å². The van der Waals surface area contributed by atoms with Crippen LogP contribution in [0.25, 0.3) is 5.57 Å². The first-order valence-electron chi connectivity index (χ1n) is 5.19. The molecule has 0 unspecified atom stereocenters. The van der Waals surface area contributed by atoms with Crippen molar-refractivity contribution in [2.75, 3.05) is 6.61 Å². The number of allylic oxidation sites excluding steroid dienone is 1. The number of hydrogen-bond acceptors (Lipinski definition) is 3. The van der Waals surface area contributed by atoms with Gasteiger partial charge < -0.3 is 14.9 Å². The third-order valence-corrected chi connectivity index (χ3v) is 3.54. The van der Waals surface area contributed by atoms with Gasteiger partial charge >= 0.3 is 5.97 Å². The number of benzene rings is 1. The van der Waals surface area contributed by atoms with Crippen LogP contribution < -0.4 is 4.74 Å². The Morgan fingerprint density at radius 2 is 2.17 bits per heavy atom. The second-order valence-corrected chi connectivity index (χ2v) is 4.83. The van der Waals surface area contributed by atoms with Gasteiger partial charge in [-0.25, -0.2) is 4.79 Å². The summed E-state index contributed by atoms with van der Waals surface area (Å²) >= 11 is 3.22. The zero-order valence-electron chi connectivity index (χ0n) is 9.66. The first-order valence-corrected chi connectivity index (χ1v) is 5.99. The molecule has 0 saturated carbocycles. The Morgan fingerprint density at radius 1 is 1.50 bits per heavy atom. The highest BCUT2D eigenvalue weighted by molar-refractivity contribution is 9.10. The Morgan fingerprint density at radius 3 is 2.78 bits per heavy atom. The molecule has 0 amide bonds. The number of phenols is 1. The number of ether oxygens (including phenoxy) is 1. The molecule has 0 spiro atoms. The zero-order valence-corrected chi connectivity index (χ0v) is 11.2. The summed E-state index contributed by atoms with van der Waals surface area (Å²) < 4.78 is 5.98. The molecular formula is C13H11BrO4. The maximum Gasteiger partial charge on any atom is 0.335 e. The number of rotatable bonds is 2. The molecular weight excluding hydrogens is 300 g/mol. The van der Waals surface area contributed by atoms with Crippen LogP contribution in [0.15, 0.2) is 34.3 Å². The minimum Gasteiger partial charge on any atom is -0.507 e. The van der Waals surface area contributed by atoms with Gasteiger partial charge in [0, 0.05) is 17.2 Å². The second kappa shape index (κ2) is 4.49. The van der Waals surface area contributed by atoms with E-state index in [0.717, 1.165) is 11.1 Å². The molecule has 0 atom stereocenters. The van der Waals surface area contributed by atoms with Gasteiger partial charge in [0.05, 0.1) is 10.0 Å². The van der Waals surface area contributed by atoms with Crippen molar-refractivity contribution < 1.29 is 19.7 Å². The standard InChI is InChI=1S/C13H11BrO4/c1-6-8-3-10(14)11(15)4-12(8)18-5-9(6)7(2)13(16)17/h3-4,15H,2,5H2,1H3,(H,16,17). The van der Waals surface area contributed by atoms with Crippen LogP contribution in [-0.4, -0.2) is 22.8 Å². The van der Waals surface area contributed by atoms with Gasteiger partial charge in [-0.05, 0) is 34.5 Å². The zero-order chi connectivity index (χ0) is 13.4. The average molecular weight is 311 g/mol. The van der Waals surface area contributed by atoms with Gasteiger partial charge in [-0.2, -0.15) is 0 Å². The number of aliphatic carboxylic acids is 1. The summed E-state index contributed by atoms with van der Waals surface area (Å²) in [6.45, 7) is 5.50. The van der Waals surface area contributed by atoms with Gasteiger partial charge in [0.25, 0.3) is 0 Å². The molecule has 5 heteroatoms. The number of halogens is 1. The minimum atomic E-state index is -1.06. The quantitative estimate of drug-likeness (QED) is 0.824. The van der Waals surface area contributed by atoms with E-state index in [0.29, 0.717) is 15.8 Å². The number of carbonyl (C=O) groups is 1. The van der Waals surface area contributed by atoms with E-state index in [-0.39, 0.29) is 17.9 Å². The summed E-state index contributed by atoms with van der Waals surface area (Å²) in [5.41, 5.74) is 2.14. The molecule has 0 aliphatic carbocycles. The highest BCUT2D eigenvalue weighted by atomic mass is 79.9. The van der Waals surface area contributed by atoms with Crippen molar-refractivity contribution in [3.8, 4) is 11.5 Å². The lowest BCUT2D eigenvalue weighted by Crippen LogP contribution is -2.15. The fraction of sp³-hybridized carbons (Fsp3) is 0.154. The molecule has 1 aliphatic heterocycles. The molecule has 0 radical (unpaired) electrons. The monoisotopic (exact) mass is 310 g/mol. The summed E-state index contributed by atoms with van der Waals surface area (Å²) in [5, 5.41) is 18.5. The van der Waals surface area contributed by atoms with Crippen LogP contribution in [0.5, 0.6) is 11.5 Å². The van der Waals surface area contributed by atoms with Crippen LogP contribution in [0.4, 0.5) is 0 Å². The van der Waals surface area contributed by atoms with Gasteiger partial charge in [0.15, 0.2) is 0 Å². The van der Waals surface area contributed by atoms with Gasteiger partial charge in [-0.15, -0.1) is 0 Å². The normalized spacial score (nSPS) is 13.9. The molecule has 4 nitrogen and oxygen atoms in total.